The number of carbonyl (C=O) groups is 2. The lowest BCUT2D eigenvalue weighted by Crippen LogP contribution is -2.32. The summed E-state index contributed by atoms with van der Waals surface area (Å²) in [5.41, 5.74) is 3.39. The normalized spacial score (nSPS) is 13.6. The highest BCUT2D eigenvalue weighted by molar-refractivity contribution is 6.46. The lowest BCUT2D eigenvalue weighted by Gasteiger charge is -2.17. The Morgan fingerprint density at radius 2 is 1.39 bits per heavy atom. The fourth-order valence-corrected chi connectivity index (χ4v) is 3.46. The molecule has 0 atom stereocenters. The van der Waals surface area contributed by atoms with Crippen molar-refractivity contribution in [2.24, 2.45) is 0 Å². The van der Waals surface area contributed by atoms with E-state index >= 15 is 0 Å². The third-order valence-electron chi connectivity index (χ3n) is 5.06. The van der Waals surface area contributed by atoms with Crippen molar-refractivity contribution in [3.05, 3.63) is 89.6 Å². The van der Waals surface area contributed by atoms with E-state index in [9.17, 15) is 9.59 Å². The summed E-state index contributed by atoms with van der Waals surface area (Å²) in [4.78, 5) is 28.1. The van der Waals surface area contributed by atoms with Gasteiger partial charge in [-0.15, -0.1) is 0 Å². The molecule has 0 saturated carbocycles. The summed E-state index contributed by atoms with van der Waals surface area (Å²) < 4.78 is 10.6. The van der Waals surface area contributed by atoms with Crippen molar-refractivity contribution in [1.29, 1.82) is 0 Å². The molecule has 0 fully saturated rings. The van der Waals surface area contributed by atoms with E-state index in [0.717, 1.165) is 16.2 Å². The first-order valence-electron chi connectivity index (χ1n) is 9.77. The smallest absolute Gasteiger partial charge is 0.282 e. The number of nitrogens with zero attached hydrogens (tertiary/aromatic N) is 1. The molecule has 0 spiro atoms. The largest absolute Gasteiger partial charge is 0.497 e. The van der Waals surface area contributed by atoms with Crippen molar-refractivity contribution >= 4 is 28.8 Å². The average molecular weight is 414 g/mol. The first-order valence-corrected chi connectivity index (χ1v) is 9.77. The number of methoxy groups -OCH3 is 2. The Kier molecular flexibility index (Phi) is 5.45. The van der Waals surface area contributed by atoms with Gasteiger partial charge in [-0.05, 0) is 24.6 Å². The zero-order chi connectivity index (χ0) is 22.0. The fourth-order valence-electron chi connectivity index (χ4n) is 3.46. The number of carbonyl (C=O) groups excluding carboxylic acids is 2. The van der Waals surface area contributed by atoms with Crippen LogP contribution in [0.2, 0.25) is 0 Å². The zero-order valence-electron chi connectivity index (χ0n) is 17.5. The second-order valence-electron chi connectivity index (χ2n) is 7.12. The van der Waals surface area contributed by atoms with Gasteiger partial charge in [-0.2, -0.15) is 0 Å². The summed E-state index contributed by atoms with van der Waals surface area (Å²) in [5.74, 6) is 0.105. The molecule has 0 bridgehead atoms. The molecule has 31 heavy (non-hydrogen) atoms. The Morgan fingerprint density at radius 3 is 1.97 bits per heavy atom. The summed E-state index contributed by atoms with van der Waals surface area (Å²) in [5, 5.41) is 3.16. The van der Waals surface area contributed by atoms with Gasteiger partial charge in [0.2, 0.25) is 0 Å². The minimum atomic E-state index is -0.445. The van der Waals surface area contributed by atoms with Gasteiger partial charge < -0.3 is 14.8 Å². The summed E-state index contributed by atoms with van der Waals surface area (Å²) >= 11 is 0. The van der Waals surface area contributed by atoms with Gasteiger partial charge in [0.15, 0.2) is 0 Å². The predicted octanol–water partition coefficient (Wildman–Crippen LogP) is 4.41. The first-order chi connectivity index (χ1) is 15.0. The number of imide groups is 1. The van der Waals surface area contributed by atoms with Crippen molar-refractivity contribution < 1.29 is 19.1 Å². The van der Waals surface area contributed by atoms with E-state index in [2.05, 4.69) is 5.32 Å². The van der Waals surface area contributed by atoms with Crippen LogP contribution < -0.4 is 19.7 Å². The maximum atomic E-state index is 13.5. The number of rotatable bonds is 6. The number of anilines is 2. The molecule has 1 heterocycles. The quantitative estimate of drug-likeness (QED) is 0.605. The summed E-state index contributed by atoms with van der Waals surface area (Å²) in [6.07, 6.45) is 0. The van der Waals surface area contributed by atoms with E-state index in [4.69, 9.17) is 9.47 Å². The highest BCUT2D eigenvalue weighted by atomic mass is 16.5. The van der Waals surface area contributed by atoms with Crippen molar-refractivity contribution in [3.63, 3.8) is 0 Å². The third-order valence-corrected chi connectivity index (χ3v) is 5.06. The maximum absolute atomic E-state index is 13.5. The molecular formula is C25H22N2O4. The Hall–Kier alpha value is -4.06. The van der Waals surface area contributed by atoms with Crippen LogP contribution in [0.25, 0.3) is 5.57 Å². The van der Waals surface area contributed by atoms with Crippen molar-refractivity contribution in [2.75, 3.05) is 24.4 Å². The van der Waals surface area contributed by atoms with Gasteiger partial charge in [-0.25, -0.2) is 4.90 Å². The molecule has 1 N–H and O–H groups in total. The highest BCUT2D eigenvalue weighted by Crippen LogP contribution is 2.36. The van der Waals surface area contributed by atoms with Crippen molar-refractivity contribution in [3.8, 4) is 11.5 Å². The molecular weight excluding hydrogens is 392 g/mol. The molecule has 0 unspecified atom stereocenters. The minimum Gasteiger partial charge on any atom is -0.497 e. The maximum Gasteiger partial charge on any atom is 0.282 e. The molecule has 1 aliphatic rings. The Balaban J connectivity index is 1.82. The van der Waals surface area contributed by atoms with Gasteiger partial charge >= 0.3 is 0 Å². The number of aryl methyl sites for hydroxylation is 1. The van der Waals surface area contributed by atoms with Gasteiger partial charge in [0.1, 0.15) is 17.2 Å². The van der Waals surface area contributed by atoms with Crippen LogP contribution in [0, 0.1) is 6.92 Å². The van der Waals surface area contributed by atoms with E-state index in [0.29, 0.717) is 28.3 Å². The first kappa shape index (κ1) is 20.2. The predicted molar refractivity (Wildman–Crippen MR) is 120 cm³/mol. The highest BCUT2D eigenvalue weighted by Gasteiger charge is 2.40. The molecule has 0 radical (unpaired) electrons. The monoisotopic (exact) mass is 414 g/mol. The molecule has 1 aliphatic heterocycles. The average Bonchev–Trinajstić information content (AvgIpc) is 3.04. The second-order valence-corrected chi connectivity index (χ2v) is 7.12. The molecule has 4 rings (SSSR count). The summed E-state index contributed by atoms with van der Waals surface area (Å²) in [7, 11) is 3.04. The molecule has 0 saturated heterocycles. The number of ether oxygens (including phenoxy) is 2. The Morgan fingerprint density at radius 1 is 0.774 bits per heavy atom. The molecule has 0 aliphatic carbocycles. The fraction of sp³-hybridized carbons (Fsp3) is 0.120. The topological polar surface area (TPSA) is 67.9 Å². The van der Waals surface area contributed by atoms with Crippen molar-refractivity contribution in [1.82, 2.24) is 0 Å². The van der Waals surface area contributed by atoms with Crippen LogP contribution in [0.4, 0.5) is 11.4 Å². The van der Waals surface area contributed by atoms with Crippen LogP contribution in [-0.2, 0) is 9.59 Å². The summed E-state index contributed by atoms with van der Waals surface area (Å²) in [6.45, 7) is 1.99. The van der Waals surface area contributed by atoms with Gasteiger partial charge in [0.25, 0.3) is 11.8 Å². The van der Waals surface area contributed by atoms with Crippen LogP contribution in [0.1, 0.15) is 11.1 Å². The second kappa shape index (κ2) is 8.36. The van der Waals surface area contributed by atoms with Gasteiger partial charge in [0, 0.05) is 23.9 Å². The third kappa shape index (κ3) is 3.88. The van der Waals surface area contributed by atoms with Gasteiger partial charge in [-0.1, -0.05) is 48.0 Å². The molecule has 2 amide bonds. The van der Waals surface area contributed by atoms with E-state index < -0.39 is 11.8 Å². The van der Waals surface area contributed by atoms with E-state index in [1.54, 1.807) is 18.2 Å². The molecule has 6 nitrogen and oxygen atoms in total. The van der Waals surface area contributed by atoms with Crippen LogP contribution in [-0.4, -0.2) is 26.0 Å². The van der Waals surface area contributed by atoms with E-state index in [-0.39, 0.29) is 5.70 Å². The molecule has 3 aromatic rings. The number of hydrogen-bond acceptors (Lipinski definition) is 5. The molecule has 3 aromatic carbocycles. The lowest BCUT2D eigenvalue weighted by molar-refractivity contribution is -0.120. The van der Waals surface area contributed by atoms with Crippen LogP contribution >= 0.6 is 0 Å². The SMILES string of the molecule is COc1cc(OC)cc(N2C(=O)C(Nc3ccc(C)cc3)=C(c3ccccc3)C2=O)c1. The lowest BCUT2D eigenvalue weighted by atomic mass is 10.0. The number of benzene rings is 3. The van der Waals surface area contributed by atoms with Crippen LogP contribution in [0.5, 0.6) is 11.5 Å². The van der Waals surface area contributed by atoms with Gasteiger partial charge in [-0.3, -0.25) is 9.59 Å². The molecule has 0 aromatic heterocycles. The number of hydrogen-bond donors (Lipinski definition) is 1. The molecule has 6 heteroatoms. The zero-order valence-corrected chi connectivity index (χ0v) is 17.5. The Labute approximate surface area is 180 Å². The number of nitrogens with one attached hydrogen (secondary N) is 1. The van der Waals surface area contributed by atoms with Crippen LogP contribution in [0.15, 0.2) is 78.5 Å². The van der Waals surface area contributed by atoms with E-state index in [1.165, 1.54) is 14.2 Å². The standard InChI is InChI=1S/C25H22N2O4/c1-16-9-11-18(12-10-16)26-23-22(17-7-5-4-6-8-17)24(28)27(25(23)29)19-13-20(30-2)15-21(14-19)31-3/h4-15,26H,1-3H3. The Bertz CT molecular complexity index is 1150. The van der Waals surface area contributed by atoms with Crippen LogP contribution in [0.3, 0.4) is 0 Å². The minimum absolute atomic E-state index is 0.224. The van der Waals surface area contributed by atoms with Gasteiger partial charge in [0.05, 0.1) is 25.5 Å². The van der Waals surface area contributed by atoms with E-state index in [1.807, 2.05) is 61.5 Å². The van der Waals surface area contributed by atoms with Crippen molar-refractivity contribution in [2.45, 2.75) is 6.92 Å². The number of amides is 2. The molecule has 156 valence electrons. The summed E-state index contributed by atoms with van der Waals surface area (Å²) in [6, 6.07) is 21.7.